The van der Waals surface area contributed by atoms with Gasteiger partial charge in [-0.15, -0.1) is 0 Å². The molecule has 16 heavy (non-hydrogen) atoms. The van der Waals surface area contributed by atoms with Crippen molar-refractivity contribution in [1.82, 2.24) is 4.98 Å². The van der Waals surface area contributed by atoms with Gasteiger partial charge in [0.2, 0.25) is 0 Å². The van der Waals surface area contributed by atoms with E-state index in [2.05, 4.69) is 18.0 Å². The van der Waals surface area contributed by atoms with Gasteiger partial charge in [0.15, 0.2) is 0 Å². The average Bonchev–Trinajstić information content (AvgIpc) is 2.28. The minimum atomic E-state index is -0.845. The lowest BCUT2D eigenvalue weighted by Gasteiger charge is -2.05. The third-order valence-electron chi connectivity index (χ3n) is 2.64. The number of aromatic nitrogens is 1. The van der Waals surface area contributed by atoms with Gasteiger partial charge in [-0.2, -0.15) is 0 Å². The van der Waals surface area contributed by atoms with E-state index in [1.807, 2.05) is 18.2 Å². The minimum Gasteiger partial charge on any atom is -0.481 e. The van der Waals surface area contributed by atoms with E-state index in [4.69, 9.17) is 5.11 Å². The molecule has 0 aliphatic rings. The van der Waals surface area contributed by atoms with Crippen LogP contribution in [-0.4, -0.2) is 16.1 Å². The Bertz CT molecular complexity index is 534. The van der Waals surface area contributed by atoms with Gasteiger partial charge in [0.05, 0.1) is 12.1 Å². The maximum Gasteiger partial charge on any atom is 0.309 e. The van der Waals surface area contributed by atoms with Crippen molar-refractivity contribution >= 4 is 16.7 Å². The molecule has 1 heterocycles. The number of benzene rings is 1. The molecule has 0 radical (unpaired) electrons. The Balaban J connectivity index is 2.59. The summed E-state index contributed by atoms with van der Waals surface area (Å²) in [7, 11) is 0. The Morgan fingerprint density at radius 3 is 2.88 bits per heavy atom. The van der Waals surface area contributed by atoms with E-state index in [9.17, 15) is 4.79 Å². The molecule has 0 spiro atoms. The van der Waals surface area contributed by atoms with Crippen molar-refractivity contribution in [2.45, 2.75) is 19.8 Å². The molecule has 3 nitrogen and oxygen atoms in total. The van der Waals surface area contributed by atoms with Crippen LogP contribution in [0.3, 0.4) is 0 Å². The molecule has 0 atom stereocenters. The Labute approximate surface area is 93.7 Å². The highest BCUT2D eigenvalue weighted by Crippen LogP contribution is 2.19. The molecule has 3 heteroatoms. The van der Waals surface area contributed by atoms with Crippen LogP contribution in [0.2, 0.25) is 0 Å². The number of carboxylic acid groups (broad SMARTS) is 1. The van der Waals surface area contributed by atoms with Gasteiger partial charge < -0.3 is 5.11 Å². The van der Waals surface area contributed by atoms with Gasteiger partial charge in [0.1, 0.15) is 0 Å². The molecule has 2 aromatic rings. The van der Waals surface area contributed by atoms with Crippen molar-refractivity contribution in [3.63, 3.8) is 0 Å². The lowest BCUT2D eigenvalue weighted by molar-refractivity contribution is -0.136. The quantitative estimate of drug-likeness (QED) is 0.855. The first-order chi connectivity index (χ1) is 7.70. The fourth-order valence-electron chi connectivity index (χ4n) is 1.78. The number of hydrogen-bond acceptors (Lipinski definition) is 2. The van der Waals surface area contributed by atoms with E-state index >= 15 is 0 Å². The number of hydrogen-bond donors (Lipinski definition) is 1. The molecule has 0 unspecified atom stereocenters. The molecule has 1 aromatic carbocycles. The summed E-state index contributed by atoms with van der Waals surface area (Å²) >= 11 is 0. The Kier molecular flexibility index (Phi) is 2.86. The van der Waals surface area contributed by atoms with Crippen molar-refractivity contribution in [2.75, 3.05) is 0 Å². The highest BCUT2D eigenvalue weighted by molar-refractivity contribution is 5.87. The number of aryl methyl sites for hydroxylation is 1. The largest absolute Gasteiger partial charge is 0.481 e. The number of pyridine rings is 1. The van der Waals surface area contributed by atoms with Gasteiger partial charge in [0, 0.05) is 11.6 Å². The van der Waals surface area contributed by atoms with Gasteiger partial charge in [-0.25, -0.2) is 0 Å². The Morgan fingerprint density at radius 2 is 2.19 bits per heavy atom. The summed E-state index contributed by atoms with van der Waals surface area (Å²) in [6.07, 6.45) is 2.58. The van der Waals surface area contributed by atoms with E-state index < -0.39 is 5.97 Å². The van der Waals surface area contributed by atoms with Crippen LogP contribution in [0.4, 0.5) is 0 Å². The lowest BCUT2D eigenvalue weighted by atomic mass is 10.0. The molecule has 0 saturated heterocycles. The van der Waals surface area contributed by atoms with E-state index in [-0.39, 0.29) is 6.42 Å². The normalized spacial score (nSPS) is 10.6. The van der Waals surface area contributed by atoms with E-state index in [1.165, 1.54) is 5.56 Å². The molecule has 0 fully saturated rings. The second-order valence-electron chi connectivity index (χ2n) is 3.74. The van der Waals surface area contributed by atoms with Gasteiger partial charge in [-0.05, 0) is 29.5 Å². The first-order valence-corrected chi connectivity index (χ1v) is 5.29. The van der Waals surface area contributed by atoms with Crippen LogP contribution < -0.4 is 0 Å². The van der Waals surface area contributed by atoms with Crippen molar-refractivity contribution in [1.29, 1.82) is 0 Å². The van der Waals surface area contributed by atoms with Crippen LogP contribution in [0.5, 0.6) is 0 Å². The highest BCUT2D eigenvalue weighted by Gasteiger charge is 2.07. The number of nitrogens with zero attached hydrogens (tertiary/aromatic N) is 1. The fourth-order valence-corrected chi connectivity index (χ4v) is 1.78. The number of carbonyl (C=O) groups is 1. The maximum absolute atomic E-state index is 10.7. The number of rotatable bonds is 3. The molecular formula is C13H13NO2. The summed E-state index contributed by atoms with van der Waals surface area (Å²) in [4.78, 5) is 14.9. The second kappa shape index (κ2) is 4.31. The smallest absolute Gasteiger partial charge is 0.309 e. The lowest BCUT2D eigenvalue weighted by Crippen LogP contribution is -2.03. The minimum absolute atomic E-state index is 0.0233. The molecule has 1 aromatic heterocycles. The molecule has 0 amide bonds. The van der Waals surface area contributed by atoms with Crippen LogP contribution in [0, 0.1) is 0 Å². The van der Waals surface area contributed by atoms with Crippen molar-refractivity contribution in [2.24, 2.45) is 0 Å². The monoisotopic (exact) mass is 215 g/mol. The number of fused-ring (bicyclic) bond motifs is 1. The standard InChI is InChI=1S/C13H13NO2/c1-2-9-3-4-10-5-6-14-12(8-13(15)16)11(10)7-9/h3-7H,2,8H2,1H3,(H,15,16). The summed E-state index contributed by atoms with van der Waals surface area (Å²) in [5.74, 6) is -0.845. The van der Waals surface area contributed by atoms with Crippen LogP contribution in [0.15, 0.2) is 30.5 Å². The Morgan fingerprint density at radius 1 is 1.38 bits per heavy atom. The molecule has 0 saturated carbocycles. The predicted octanol–water partition coefficient (Wildman–Crippen LogP) is 2.42. The zero-order chi connectivity index (χ0) is 11.5. The maximum atomic E-state index is 10.7. The van der Waals surface area contributed by atoms with Crippen molar-refractivity contribution in [3.8, 4) is 0 Å². The van der Waals surface area contributed by atoms with Crippen molar-refractivity contribution in [3.05, 3.63) is 41.7 Å². The van der Waals surface area contributed by atoms with Crippen LogP contribution in [0.1, 0.15) is 18.2 Å². The topological polar surface area (TPSA) is 50.2 Å². The van der Waals surface area contributed by atoms with Gasteiger partial charge >= 0.3 is 5.97 Å². The van der Waals surface area contributed by atoms with Gasteiger partial charge in [-0.3, -0.25) is 9.78 Å². The average molecular weight is 215 g/mol. The Hall–Kier alpha value is -1.90. The van der Waals surface area contributed by atoms with Gasteiger partial charge in [-0.1, -0.05) is 19.1 Å². The molecule has 0 aliphatic carbocycles. The third-order valence-corrected chi connectivity index (χ3v) is 2.64. The number of aliphatic carboxylic acids is 1. The van der Waals surface area contributed by atoms with Crippen LogP contribution in [-0.2, 0) is 17.6 Å². The zero-order valence-electron chi connectivity index (χ0n) is 9.10. The molecular weight excluding hydrogens is 202 g/mol. The van der Waals surface area contributed by atoms with Gasteiger partial charge in [0.25, 0.3) is 0 Å². The predicted molar refractivity (Wildman–Crippen MR) is 62.5 cm³/mol. The first-order valence-electron chi connectivity index (χ1n) is 5.29. The fraction of sp³-hybridized carbons (Fsp3) is 0.231. The summed E-state index contributed by atoms with van der Waals surface area (Å²) < 4.78 is 0. The van der Waals surface area contributed by atoms with Crippen LogP contribution in [0.25, 0.3) is 10.8 Å². The molecule has 0 aliphatic heterocycles. The number of carboxylic acids is 1. The molecule has 0 bridgehead atoms. The first kappa shape index (κ1) is 10.6. The highest BCUT2D eigenvalue weighted by atomic mass is 16.4. The third kappa shape index (κ3) is 2.03. The molecule has 82 valence electrons. The van der Waals surface area contributed by atoms with Crippen LogP contribution >= 0.6 is 0 Å². The van der Waals surface area contributed by atoms with E-state index in [1.54, 1.807) is 6.20 Å². The van der Waals surface area contributed by atoms with E-state index in [0.717, 1.165) is 17.2 Å². The summed E-state index contributed by atoms with van der Waals surface area (Å²) in [5, 5.41) is 10.8. The summed E-state index contributed by atoms with van der Waals surface area (Å²) in [5.41, 5.74) is 1.84. The zero-order valence-corrected chi connectivity index (χ0v) is 9.10. The second-order valence-corrected chi connectivity index (χ2v) is 3.74. The van der Waals surface area contributed by atoms with Crippen molar-refractivity contribution < 1.29 is 9.90 Å². The molecule has 2 rings (SSSR count). The summed E-state index contributed by atoms with van der Waals surface area (Å²) in [6, 6.07) is 8.01. The molecule has 1 N–H and O–H groups in total. The summed E-state index contributed by atoms with van der Waals surface area (Å²) in [6.45, 7) is 2.08. The van der Waals surface area contributed by atoms with E-state index in [0.29, 0.717) is 5.69 Å². The SMILES string of the molecule is CCc1ccc2ccnc(CC(=O)O)c2c1.